The molecule has 1 saturated carbocycles. The average Bonchev–Trinajstić information content (AvgIpc) is 3.05. The van der Waals surface area contributed by atoms with Crippen molar-refractivity contribution in [2.24, 2.45) is 0 Å². The van der Waals surface area contributed by atoms with Gasteiger partial charge in [0.2, 0.25) is 5.91 Å². The summed E-state index contributed by atoms with van der Waals surface area (Å²) in [5, 5.41) is 6.42. The predicted molar refractivity (Wildman–Crippen MR) is 68.9 cm³/mol. The zero-order valence-corrected chi connectivity index (χ0v) is 11.0. The van der Waals surface area contributed by atoms with Crippen LogP contribution in [0.15, 0.2) is 6.07 Å². The van der Waals surface area contributed by atoms with E-state index in [1.165, 1.54) is 6.07 Å². The van der Waals surface area contributed by atoms with Crippen LogP contribution in [0.5, 0.6) is 0 Å². The van der Waals surface area contributed by atoms with Gasteiger partial charge in [-0.2, -0.15) is 0 Å². The van der Waals surface area contributed by atoms with Crippen LogP contribution in [-0.2, 0) is 4.79 Å². The van der Waals surface area contributed by atoms with Crippen LogP contribution in [0.4, 0.5) is 5.82 Å². The zero-order chi connectivity index (χ0) is 12.4. The van der Waals surface area contributed by atoms with Crippen LogP contribution in [-0.4, -0.2) is 23.5 Å². The molecule has 1 aliphatic rings. The molecule has 1 aliphatic carbocycles. The minimum absolute atomic E-state index is 0.0866. The Morgan fingerprint density at radius 2 is 2.06 bits per heavy atom. The van der Waals surface area contributed by atoms with Gasteiger partial charge in [0, 0.05) is 6.04 Å². The highest BCUT2D eigenvalue weighted by Gasteiger charge is 2.23. The molecular formula is C10H10Cl3N3O. The van der Waals surface area contributed by atoms with Crippen LogP contribution < -0.4 is 10.6 Å². The van der Waals surface area contributed by atoms with E-state index in [9.17, 15) is 4.79 Å². The first-order valence-corrected chi connectivity index (χ1v) is 6.24. The largest absolute Gasteiger partial charge is 0.360 e. The van der Waals surface area contributed by atoms with E-state index in [0.29, 0.717) is 16.9 Å². The van der Waals surface area contributed by atoms with Crippen LogP contribution in [0.2, 0.25) is 15.2 Å². The number of carbonyl (C=O) groups excluding carboxylic acids is 1. The maximum absolute atomic E-state index is 11.4. The summed E-state index contributed by atoms with van der Waals surface area (Å²) in [4.78, 5) is 15.4. The Balaban J connectivity index is 1.93. The first-order chi connectivity index (χ1) is 8.06. The fourth-order valence-corrected chi connectivity index (χ4v) is 1.80. The number of carbonyl (C=O) groups is 1. The number of hydrogen-bond donors (Lipinski definition) is 2. The van der Waals surface area contributed by atoms with Gasteiger partial charge in [-0.15, -0.1) is 0 Å². The maximum Gasteiger partial charge on any atom is 0.239 e. The predicted octanol–water partition coefficient (Wildman–Crippen LogP) is 2.73. The minimum Gasteiger partial charge on any atom is -0.360 e. The number of aromatic nitrogens is 1. The van der Waals surface area contributed by atoms with Crippen LogP contribution in [0, 0.1) is 0 Å². The van der Waals surface area contributed by atoms with E-state index in [2.05, 4.69) is 15.6 Å². The van der Waals surface area contributed by atoms with E-state index >= 15 is 0 Å². The molecule has 0 aliphatic heterocycles. The fraction of sp³-hybridized carbons (Fsp3) is 0.400. The molecule has 1 heterocycles. The summed E-state index contributed by atoms with van der Waals surface area (Å²) < 4.78 is 0. The Hall–Kier alpha value is -0.710. The lowest BCUT2D eigenvalue weighted by Crippen LogP contribution is -2.31. The topological polar surface area (TPSA) is 54.0 Å². The third-order valence-electron chi connectivity index (χ3n) is 2.25. The van der Waals surface area contributed by atoms with Gasteiger partial charge in [-0.25, -0.2) is 4.98 Å². The third-order valence-corrected chi connectivity index (χ3v) is 3.21. The summed E-state index contributed by atoms with van der Waals surface area (Å²) in [7, 11) is 0. The maximum atomic E-state index is 11.4. The van der Waals surface area contributed by atoms with Crippen molar-refractivity contribution in [3.8, 4) is 0 Å². The number of rotatable bonds is 4. The Labute approximate surface area is 114 Å². The molecule has 0 atom stereocenters. The number of nitrogens with one attached hydrogen (secondary N) is 2. The van der Waals surface area contributed by atoms with Crippen molar-refractivity contribution in [2.45, 2.75) is 18.9 Å². The summed E-state index contributed by atoms with van der Waals surface area (Å²) in [6.07, 6.45) is 2.11. The van der Waals surface area contributed by atoms with Crippen LogP contribution in [0.3, 0.4) is 0 Å². The summed E-state index contributed by atoms with van der Waals surface area (Å²) in [6, 6.07) is 1.82. The molecule has 0 saturated heterocycles. The standard InChI is InChI=1S/C10H10Cl3N3O/c11-6-3-7(12)10(16-9(6)13)14-4-8(17)15-5-1-2-5/h3,5H,1-2,4H2,(H,14,16)(H,15,17). The highest BCUT2D eigenvalue weighted by atomic mass is 35.5. The van der Waals surface area contributed by atoms with Gasteiger partial charge in [-0.05, 0) is 18.9 Å². The van der Waals surface area contributed by atoms with Gasteiger partial charge in [-0.3, -0.25) is 4.79 Å². The van der Waals surface area contributed by atoms with Crippen molar-refractivity contribution in [3.05, 3.63) is 21.3 Å². The molecule has 0 unspecified atom stereocenters. The second-order valence-electron chi connectivity index (χ2n) is 3.79. The number of hydrogen-bond acceptors (Lipinski definition) is 3. The van der Waals surface area contributed by atoms with Crippen molar-refractivity contribution in [1.82, 2.24) is 10.3 Å². The van der Waals surface area contributed by atoms with E-state index in [0.717, 1.165) is 12.8 Å². The molecule has 2 N–H and O–H groups in total. The Bertz CT molecular complexity index is 449. The highest BCUT2D eigenvalue weighted by Crippen LogP contribution is 2.28. The lowest BCUT2D eigenvalue weighted by atomic mass is 10.4. The summed E-state index contributed by atoms with van der Waals surface area (Å²) in [5.41, 5.74) is 0. The number of halogens is 3. The first kappa shape index (κ1) is 12.7. The third kappa shape index (κ3) is 3.63. The molecule has 0 radical (unpaired) electrons. The van der Waals surface area contributed by atoms with Crippen molar-refractivity contribution in [3.63, 3.8) is 0 Å². The van der Waals surface area contributed by atoms with E-state index in [1.54, 1.807) is 0 Å². The Morgan fingerprint density at radius 1 is 1.35 bits per heavy atom. The van der Waals surface area contributed by atoms with Crippen LogP contribution in [0.1, 0.15) is 12.8 Å². The SMILES string of the molecule is O=C(CNc1nc(Cl)c(Cl)cc1Cl)NC1CC1. The summed E-state index contributed by atoms with van der Waals surface area (Å²) in [5.74, 6) is 0.267. The second kappa shape index (κ2) is 5.29. The molecular weight excluding hydrogens is 284 g/mol. The van der Waals surface area contributed by atoms with Gasteiger partial charge in [0.15, 0.2) is 0 Å². The van der Waals surface area contributed by atoms with Crippen LogP contribution in [0.25, 0.3) is 0 Å². The first-order valence-electron chi connectivity index (χ1n) is 5.11. The second-order valence-corrected chi connectivity index (χ2v) is 4.96. The number of nitrogens with zero attached hydrogens (tertiary/aromatic N) is 1. The van der Waals surface area contributed by atoms with Crippen LogP contribution >= 0.6 is 34.8 Å². The Morgan fingerprint density at radius 3 is 2.71 bits per heavy atom. The molecule has 0 bridgehead atoms. The average molecular weight is 295 g/mol. The van der Waals surface area contributed by atoms with Gasteiger partial charge in [-0.1, -0.05) is 34.8 Å². The molecule has 1 aromatic heterocycles. The van der Waals surface area contributed by atoms with E-state index < -0.39 is 0 Å². The fourth-order valence-electron chi connectivity index (χ4n) is 1.24. The van der Waals surface area contributed by atoms with E-state index in [-0.39, 0.29) is 22.6 Å². The molecule has 1 amide bonds. The molecule has 17 heavy (non-hydrogen) atoms. The molecule has 0 spiro atoms. The van der Waals surface area contributed by atoms with Gasteiger partial charge in [0.1, 0.15) is 11.0 Å². The minimum atomic E-state index is -0.0866. The number of anilines is 1. The monoisotopic (exact) mass is 293 g/mol. The quantitative estimate of drug-likeness (QED) is 0.840. The number of pyridine rings is 1. The summed E-state index contributed by atoms with van der Waals surface area (Å²) in [6.45, 7) is 0.112. The normalized spacial score (nSPS) is 14.5. The van der Waals surface area contributed by atoms with Gasteiger partial charge in [0.05, 0.1) is 16.6 Å². The molecule has 92 valence electrons. The van der Waals surface area contributed by atoms with Crippen molar-refractivity contribution in [2.75, 3.05) is 11.9 Å². The van der Waals surface area contributed by atoms with Gasteiger partial charge >= 0.3 is 0 Å². The highest BCUT2D eigenvalue weighted by molar-refractivity contribution is 6.42. The van der Waals surface area contributed by atoms with Crippen molar-refractivity contribution in [1.29, 1.82) is 0 Å². The lowest BCUT2D eigenvalue weighted by molar-refractivity contribution is -0.119. The van der Waals surface area contributed by atoms with E-state index in [1.807, 2.05) is 0 Å². The van der Waals surface area contributed by atoms with Crippen molar-refractivity contribution < 1.29 is 4.79 Å². The molecule has 0 aromatic carbocycles. The smallest absolute Gasteiger partial charge is 0.239 e. The molecule has 4 nitrogen and oxygen atoms in total. The van der Waals surface area contributed by atoms with Gasteiger partial charge in [0.25, 0.3) is 0 Å². The Kier molecular flexibility index (Phi) is 3.97. The zero-order valence-electron chi connectivity index (χ0n) is 8.77. The van der Waals surface area contributed by atoms with E-state index in [4.69, 9.17) is 34.8 Å². The molecule has 7 heteroatoms. The molecule has 1 aromatic rings. The lowest BCUT2D eigenvalue weighted by Gasteiger charge is -2.08. The molecule has 1 fully saturated rings. The molecule has 2 rings (SSSR count). The van der Waals surface area contributed by atoms with Crippen molar-refractivity contribution >= 4 is 46.5 Å². The van der Waals surface area contributed by atoms with Gasteiger partial charge < -0.3 is 10.6 Å². The number of amides is 1. The summed E-state index contributed by atoms with van der Waals surface area (Å²) >= 11 is 17.4.